The molecule has 0 aliphatic carbocycles. The molecule has 2 fully saturated rings. The second-order valence-corrected chi connectivity index (χ2v) is 8.76. The molecule has 1 aromatic rings. The topological polar surface area (TPSA) is 21.8 Å². The summed E-state index contributed by atoms with van der Waals surface area (Å²) in [4.78, 5) is 7.91. The number of allylic oxidation sites excluding steroid dienone is 3. The van der Waals surface area contributed by atoms with Crippen LogP contribution in [0.2, 0.25) is 5.02 Å². The molecule has 2 saturated heterocycles. The first-order valence-corrected chi connectivity index (χ1v) is 11.1. The smallest absolute Gasteiger partial charge is 0.0987 e. The van der Waals surface area contributed by atoms with E-state index < -0.39 is 0 Å². The molecular formula is C23H33ClN4. The first-order valence-electron chi connectivity index (χ1n) is 10.7. The van der Waals surface area contributed by atoms with Crippen LogP contribution in [0.3, 0.4) is 0 Å². The van der Waals surface area contributed by atoms with Gasteiger partial charge in [0.15, 0.2) is 0 Å². The minimum atomic E-state index is 0.363. The number of hydrogen-bond donors (Lipinski definition) is 1. The molecule has 0 bridgehead atoms. The van der Waals surface area contributed by atoms with Gasteiger partial charge in [0, 0.05) is 42.9 Å². The fraction of sp³-hybridized carbons (Fsp3) is 0.565. The van der Waals surface area contributed by atoms with Crippen LogP contribution in [0.15, 0.2) is 48.2 Å². The zero-order valence-electron chi connectivity index (χ0n) is 17.0. The van der Waals surface area contributed by atoms with Crippen molar-refractivity contribution in [1.82, 2.24) is 20.0 Å². The lowest BCUT2D eigenvalue weighted by Crippen LogP contribution is -2.48. The fourth-order valence-electron chi connectivity index (χ4n) is 4.76. The van der Waals surface area contributed by atoms with E-state index in [-0.39, 0.29) is 0 Å². The molecule has 0 amide bonds. The van der Waals surface area contributed by atoms with Crippen molar-refractivity contribution in [1.29, 1.82) is 0 Å². The van der Waals surface area contributed by atoms with Gasteiger partial charge < -0.3 is 5.32 Å². The summed E-state index contributed by atoms with van der Waals surface area (Å²) in [7, 11) is 0. The van der Waals surface area contributed by atoms with E-state index in [9.17, 15) is 0 Å². The molecule has 28 heavy (non-hydrogen) atoms. The van der Waals surface area contributed by atoms with Crippen LogP contribution in [0.4, 0.5) is 0 Å². The van der Waals surface area contributed by atoms with Gasteiger partial charge in [-0.1, -0.05) is 35.9 Å². The maximum atomic E-state index is 6.35. The third kappa shape index (κ3) is 4.98. The largest absolute Gasteiger partial charge is 0.370 e. The molecule has 3 heterocycles. The lowest BCUT2D eigenvalue weighted by Gasteiger charge is -2.38. The summed E-state index contributed by atoms with van der Waals surface area (Å²) in [5.74, 6) is 0. The van der Waals surface area contributed by atoms with E-state index in [4.69, 9.17) is 11.6 Å². The lowest BCUT2D eigenvalue weighted by atomic mass is 10.0. The zero-order valence-corrected chi connectivity index (χ0v) is 17.7. The van der Waals surface area contributed by atoms with Crippen molar-refractivity contribution in [3.8, 4) is 0 Å². The van der Waals surface area contributed by atoms with Crippen molar-refractivity contribution in [3.63, 3.8) is 0 Å². The van der Waals surface area contributed by atoms with E-state index in [2.05, 4.69) is 57.3 Å². The van der Waals surface area contributed by atoms with Crippen molar-refractivity contribution in [3.05, 3.63) is 58.8 Å². The summed E-state index contributed by atoms with van der Waals surface area (Å²) in [5.41, 5.74) is 2.52. The summed E-state index contributed by atoms with van der Waals surface area (Å²) < 4.78 is 0. The molecule has 4 nitrogen and oxygen atoms in total. The second kappa shape index (κ2) is 9.45. The maximum Gasteiger partial charge on any atom is 0.0987 e. The highest BCUT2D eigenvalue weighted by Gasteiger charge is 2.28. The number of likely N-dealkylation sites (tertiary alicyclic amines) is 1. The van der Waals surface area contributed by atoms with Crippen molar-refractivity contribution in [2.75, 3.05) is 39.3 Å². The minimum absolute atomic E-state index is 0.363. The van der Waals surface area contributed by atoms with Crippen LogP contribution >= 0.6 is 11.6 Å². The van der Waals surface area contributed by atoms with Gasteiger partial charge >= 0.3 is 0 Å². The highest BCUT2D eigenvalue weighted by Crippen LogP contribution is 2.23. The molecule has 1 unspecified atom stereocenters. The van der Waals surface area contributed by atoms with Crippen LogP contribution in [0, 0.1) is 0 Å². The Labute approximate surface area is 174 Å². The minimum Gasteiger partial charge on any atom is -0.370 e. The Bertz CT molecular complexity index is 708. The van der Waals surface area contributed by atoms with Gasteiger partial charge in [-0.15, -0.1) is 0 Å². The van der Waals surface area contributed by atoms with E-state index in [1.54, 1.807) is 0 Å². The standard InChI is InChI=1S/C23H33ClN4/c1-19-6-4-9-23(25-19)28-13-5-12-27(16-17-28)21-10-14-26(15-11-21)18-20-7-2-3-8-22(20)24/h2-4,6-9,21,23,25H,5,10-18H2,1H3. The molecule has 1 N–H and O–H groups in total. The number of nitrogens with zero attached hydrogens (tertiary/aromatic N) is 3. The quantitative estimate of drug-likeness (QED) is 0.831. The number of hydrogen-bond acceptors (Lipinski definition) is 4. The summed E-state index contributed by atoms with van der Waals surface area (Å²) in [6.45, 7) is 10.2. The van der Waals surface area contributed by atoms with Crippen LogP contribution in [0.1, 0.15) is 31.7 Å². The van der Waals surface area contributed by atoms with Crippen LogP contribution in [-0.2, 0) is 6.54 Å². The average molecular weight is 401 g/mol. The third-order valence-electron chi connectivity index (χ3n) is 6.40. The van der Waals surface area contributed by atoms with Crippen molar-refractivity contribution >= 4 is 11.6 Å². The van der Waals surface area contributed by atoms with E-state index >= 15 is 0 Å². The number of halogens is 1. The molecule has 0 saturated carbocycles. The highest BCUT2D eigenvalue weighted by molar-refractivity contribution is 6.31. The number of rotatable bonds is 4. The zero-order chi connectivity index (χ0) is 19.3. The number of benzene rings is 1. The van der Waals surface area contributed by atoms with Gasteiger partial charge in [-0.25, -0.2) is 0 Å². The predicted molar refractivity (Wildman–Crippen MR) is 117 cm³/mol. The van der Waals surface area contributed by atoms with Crippen LogP contribution < -0.4 is 5.32 Å². The van der Waals surface area contributed by atoms with Gasteiger partial charge in [-0.05, 0) is 69.6 Å². The molecule has 0 radical (unpaired) electrons. The van der Waals surface area contributed by atoms with Crippen LogP contribution in [0.25, 0.3) is 0 Å². The number of piperidine rings is 1. The van der Waals surface area contributed by atoms with Gasteiger partial charge in [-0.3, -0.25) is 14.7 Å². The fourth-order valence-corrected chi connectivity index (χ4v) is 4.95. The Morgan fingerprint density at radius 3 is 2.54 bits per heavy atom. The first-order chi connectivity index (χ1) is 13.7. The van der Waals surface area contributed by atoms with E-state index in [1.807, 2.05) is 12.1 Å². The van der Waals surface area contributed by atoms with Gasteiger partial charge in [0.25, 0.3) is 0 Å². The van der Waals surface area contributed by atoms with Gasteiger partial charge in [0.05, 0.1) is 6.17 Å². The molecular weight excluding hydrogens is 368 g/mol. The van der Waals surface area contributed by atoms with E-state index in [1.165, 1.54) is 63.2 Å². The van der Waals surface area contributed by atoms with E-state index in [0.29, 0.717) is 6.17 Å². The highest BCUT2D eigenvalue weighted by atomic mass is 35.5. The molecule has 3 aliphatic rings. The molecule has 0 aromatic heterocycles. The summed E-state index contributed by atoms with van der Waals surface area (Å²) >= 11 is 6.35. The van der Waals surface area contributed by atoms with Crippen molar-refractivity contribution in [2.45, 2.75) is 44.9 Å². The van der Waals surface area contributed by atoms with Crippen molar-refractivity contribution in [2.24, 2.45) is 0 Å². The van der Waals surface area contributed by atoms with Crippen LogP contribution in [0.5, 0.6) is 0 Å². The molecule has 5 heteroatoms. The van der Waals surface area contributed by atoms with Crippen LogP contribution in [-0.4, -0.2) is 66.2 Å². The molecule has 152 valence electrons. The van der Waals surface area contributed by atoms with E-state index in [0.717, 1.165) is 24.2 Å². The van der Waals surface area contributed by atoms with Gasteiger partial charge in [0.1, 0.15) is 0 Å². The summed E-state index contributed by atoms with van der Waals surface area (Å²) in [5, 5.41) is 4.50. The number of dihydropyridines is 1. The monoisotopic (exact) mass is 400 g/mol. The summed E-state index contributed by atoms with van der Waals surface area (Å²) in [6, 6.07) is 8.99. The Morgan fingerprint density at radius 2 is 1.75 bits per heavy atom. The predicted octanol–water partition coefficient (Wildman–Crippen LogP) is 3.70. The Kier molecular flexibility index (Phi) is 6.73. The SMILES string of the molecule is CC1=CC=CC(N2CCCN(C3CCN(Cc4ccccc4Cl)CC3)CC2)N1. The lowest BCUT2D eigenvalue weighted by molar-refractivity contribution is 0.105. The summed E-state index contributed by atoms with van der Waals surface area (Å²) in [6.07, 6.45) is 10.8. The van der Waals surface area contributed by atoms with Gasteiger partial charge in [-0.2, -0.15) is 0 Å². The molecule has 1 atom stereocenters. The maximum absolute atomic E-state index is 6.35. The van der Waals surface area contributed by atoms with Crippen molar-refractivity contribution < 1.29 is 0 Å². The molecule has 1 aromatic carbocycles. The average Bonchev–Trinajstić information content (AvgIpc) is 2.97. The third-order valence-corrected chi connectivity index (χ3v) is 6.77. The molecule has 0 spiro atoms. The Hall–Kier alpha value is -1.33. The normalized spacial score (nSPS) is 25.9. The Morgan fingerprint density at radius 1 is 1.00 bits per heavy atom. The molecule has 4 rings (SSSR count). The molecule has 3 aliphatic heterocycles. The first kappa shape index (κ1) is 20.0. The number of nitrogens with one attached hydrogen (secondary N) is 1. The Balaban J connectivity index is 1.25. The second-order valence-electron chi connectivity index (χ2n) is 8.35. The van der Waals surface area contributed by atoms with Gasteiger partial charge in [0.2, 0.25) is 0 Å².